The Morgan fingerprint density at radius 2 is 1.81 bits per heavy atom. The molecule has 0 fully saturated rings. The Bertz CT molecular complexity index is 511. The molecule has 2 N–H and O–H groups in total. The molecule has 7 heteroatoms. The summed E-state index contributed by atoms with van der Waals surface area (Å²) in [5.74, 6) is 2.44. The first-order chi connectivity index (χ1) is 12.7. The summed E-state index contributed by atoms with van der Waals surface area (Å²) in [6.45, 7) is 5.08. The number of ether oxygens (including phenoxy) is 3. The van der Waals surface area contributed by atoms with Crippen LogP contribution in [-0.2, 0) is 4.74 Å². The van der Waals surface area contributed by atoms with Crippen LogP contribution in [0.1, 0.15) is 12.8 Å². The van der Waals surface area contributed by atoms with Gasteiger partial charge in [-0.05, 0) is 32.0 Å². The van der Waals surface area contributed by atoms with E-state index < -0.39 is 0 Å². The molecule has 0 aromatic heterocycles. The zero-order valence-corrected chi connectivity index (χ0v) is 16.6. The lowest BCUT2D eigenvalue weighted by atomic mass is 10.3. The van der Waals surface area contributed by atoms with Gasteiger partial charge in [0.1, 0.15) is 11.5 Å². The summed E-state index contributed by atoms with van der Waals surface area (Å²) in [5, 5.41) is 6.62. The number of benzene rings is 1. The van der Waals surface area contributed by atoms with Crippen molar-refractivity contribution in [3.8, 4) is 11.5 Å². The molecule has 0 aliphatic carbocycles. The van der Waals surface area contributed by atoms with E-state index in [0.29, 0.717) is 6.61 Å². The Morgan fingerprint density at radius 3 is 2.54 bits per heavy atom. The zero-order valence-electron chi connectivity index (χ0n) is 16.6. The van der Waals surface area contributed by atoms with E-state index in [1.165, 1.54) is 0 Å². The van der Waals surface area contributed by atoms with Crippen molar-refractivity contribution in [1.29, 1.82) is 0 Å². The summed E-state index contributed by atoms with van der Waals surface area (Å²) < 4.78 is 16.0. The van der Waals surface area contributed by atoms with E-state index in [-0.39, 0.29) is 0 Å². The van der Waals surface area contributed by atoms with Gasteiger partial charge in [0.25, 0.3) is 0 Å². The summed E-state index contributed by atoms with van der Waals surface area (Å²) in [6.07, 6.45) is 1.93. The highest BCUT2D eigenvalue weighted by Crippen LogP contribution is 2.18. The lowest BCUT2D eigenvalue weighted by Gasteiger charge is -2.18. The van der Waals surface area contributed by atoms with Crippen LogP contribution in [0.25, 0.3) is 0 Å². The molecule has 1 aromatic carbocycles. The fraction of sp³-hybridized carbons (Fsp3) is 0.632. The third kappa shape index (κ3) is 10.1. The summed E-state index contributed by atoms with van der Waals surface area (Å²) in [6, 6.07) is 7.64. The molecule has 0 aliphatic rings. The van der Waals surface area contributed by atoms with E-state index in [1.54, 1.807) is 21.3 Å². The standard InChI is InChI=1S/C19H34N4O3/c1-20-19(22-11-13-23(2)12-7-14-24-3)21-10-6-15-26-18-9-5-8-17(16-18)25-4/h5,8-9,16H,6-7,10-15H2,1-4H3,(H2,20,21,22). The predicted octanol–water partition coefficient (Wildman–Crippen LogP) is 1.60. The average Bonchev–Trinajstić information content (AvgIpc) is 2.66. The normalized spacial score (nSPS) is 11.5. The number of aliphatic imine (C=N–C) groups is 1. The molecule has 0 bridgehead atoms. The number of hydrogen-bond donors (Lipinski definition) is 2. The molecule has 0 heterocycles. The average molecular weight is 367 g/mol. The molecule has 0 radical (unpaired) electrons. The Labute approximate surface area is 157 Å². The highest BCUT2D eigenvalue weighted by atomic mass is 16.5. The fourth-order valence-electron chi connectivity index (χ4n) is 2.34. The van der Waals surface area contributed by atoms with E-state index in [2.05, 4.69) is 27.6 Å². The molecule has 0 aliphatic heterocycles. The largest absolute Gasteiger partial charge is 0.497 e. The van der Waals surface area contributed by atoms with Crippen molar-refractivity contribution in [3.63, 3.8) is 0 Å². The van der Waals surface area contributed by atoms with Gasteiger partial charge in [-0.2, -0.15) is 0 Å². The maximum absolute atomic E-state index is 5.73. The van der Waals surface area contributed by atoms with E-state index in [1.807, 2.05) is 24.3 Å². The molecule has 7 nitrogen and oxygen atoms in total. The third-order valence-electron chi connectivity index (χ3n) is 3.82. The molecule has 26 heavy (non-hydrogen) atoms. The molecular formula is C19H34N4O3. The summed E-state index contributed by atoms with van der Waals surface area (Å²) in [7, 11) is 7.28. The first kappa shape index (κ1) is 22.1. The van der Waals surface area contributed by atoms with Crippen LogP contribution in [0, 0.1) is 0 Å². The monoisotopic (exact) mass is 366 g/mol. The van der Waals surface area contributed by atoms with Crippen LogP contribution in [0.4, 0.5) is 0 Å². The Hall–Kier alpha value is -1.99. The van der Waals surface area contributed by atoms with E-state index in [9.17, 15) is 0 Å². The molecular weight excluding hydrogens is 332 g/mol. The highest BCUT2D eigenvalue weighted by molar-refractivity contribution is 5.79. The van der Waals surface area contributed by atoms with Crippen molar-refractivity contribution in [1.82, 2.24) is 15.5 Å². The topological polar surface area (TPSA) is 67.4 Å². The first-order valence-electron chi connectivity index (χ1n) is 9.08. The maximum Gasteiger partial charge on any atom is 0.191 e. The first-order valence-corrected chi connectivity index (χ1v) is 9.08. The minimum absolute atomic E-state index is 0.638. The van der Waals surface area contributed by atoms with Gasteiger partial charge in [0.05, 0.1) is 13.7 Å². The van der Waals surface area contributed by atoms with Crippen LogP contribution < -0.4 is 20.1 Å². The van der Waals surface area contributed by atoms with Crippen LogP contribution >= 0.6 is 0 Å². The number of likely N-dealkylation sites (N-methyl/N-ethyl adjacent to an activating group) is 1. The van der Waals surface area contributed by atoms with Gasteiger partial charge in [-0.1, -0.05) is 6.07 Å². The molecule has 0 amide bonds. The Kier molecular flexibility index (Phi) is 12.1. The Morgan fingerprint density at radius 1 is 1.04 bits per heavy atom. The lowest BCUT2D eigenvalue weighted by molar-refractivity contribution is 0.180. The number of rotatable bonds is 13. The van der Waals surface area contributed by atoms with Crippen LogP contribution in [0.15, 0.2) is 29.3 Å². The second kappa shape index (κ2) is 14.2. The SMILES string of the molecule is CN=C(NCCCOc1cccc(OC)c1)NCCN(C)CCCOC. The third-order valence-corrected chi connectivity index (χ3v) is 3.82. The van der Waals surface area contributed by atoms with Gasteiger partial charge in [-0.3, -0.25) is 4.99 Å². The van der Waals surface area contributed by atoms with E-state index >= 15 is 0 Å². The number of nitrogens with zero attached hydrogens (tertiary/aromatic N) is 2. The van der Waals surface area contributed by atoms with E-state index in [0.717, 1.165) is 63.1 Å². The molecule has 1 aromatic rings. The van der Waals surface area contributed by atoms with Gasteiger partial charge in [-0.25, -0.2) is 0 Å². The second-order valence-corrected chi connectivity index (χ2v) is 5.96. The minimum Gasteiger partial charge on any atom is -0.497 e. The van der Waals surface area contributed by atoms with Crippen molar-refractivity contribution in [3.05, 3.63) is 24.3 Å². The van der Waals surface area contributed by atoms with Gasteiger partial charge in [-0.15, -0.1) is 0 Å². The van der Waals surface area contributed by atoms with Crippen molar-refractivity contribution in [2.24, 2.45) is 4.99 Å². The number of methoxy groups -OCH3 is 2. The molecule has 0 saturated carbocycles. The minimum atomic E-state index is 0.638. The summed E-state index contributed by atoms with van der Waals surface area (Å²) in [4.78, 5) is 6.52. The van der Waals surface area contributed by atoms with Gasteiger partial charge in [0.2, 0.25) is 0 Å². The van der Waals surface area contributed by atoms with Crippen molar-refractivity contribution in [2.75, 3.05) is 67.7 Å². The lowest BCUT2D eigenvalue weighted by Crippen LogP contribution is -2.41. The van der Waals surface area contributed by atoms with Gasteiger partial charge >= 0.3 is 0 Å². The molecule has 0 spiro atoms. The van der Waals surface area contributed by atoms with Crippen molar-refractivity contribution < 1.29 is 14.2 Å². The van der Waals surface area contributed by atoms with Crippen molar-refractivity contribution in [2.45, 2.75) is 12.8 Å². The molecule has 0 saturated heterocycles. The zero-order chi connectivity index (χ0) is 19.0. The van der Waals surface area contributed by atoms with Crippen LogP contribution in [0.5, 0.6) is 11.5 Å². The summed E-state index contributed by atoms with van der Waals surface area (Å²) >= 11 is 0. The van der Waals surface area contributed by atoms with Crippen LogP contribution in [0.2, 0.25) is 0 Å². The number of hydrogen-bond acceptors (Lipinski definition) is 5. The highest BCUT2D eigenvalue weighted by Gasteiger charge is 2.01. The maximum atomic E-state index is 5.73. The predicted molar refractivity (Wildman–Crippen MR) is 106 cm³/mol. The van der Waals surface area contributed by atoms with Crippen LogP contribution in [-0.4, -0.2) is 78.6 Å². The summed E-state index contributed by atoms with van der Waals surface area (Å²) in [5.41, 5.74) is 0. The smallest absolute Gasteiger partial charge is 0.191 e. The quantitative estimate of drug-likeness (QED) is 0.314. The van der Waals surface area contributed by atoms with Crippen LogP contribution in [0.3, 0.4) is 0 Å². The second-order valence-electron chi connectivity index (χ2n) is 5.96. The molecule has 0 atom stereocenters. The number of guanidine groups is 1. The molecule has 148 valence electrons. The molecule has 0 unspecified atom stereocenters. The Balaban J connectivity index is 2.10. The van der Waals surface area contributed by atoms with Crippen molar-refractivity contribution >= 4 is 5.96 Å². The van der Waals surface area contributed by atoms with Gasteiger partial charge in [0, 0.05) is 53.0 Å². The van der Waals surface area contributed by atoms with Gasteiger partial charge in [0.15, 0.2) is 5.96 Å². The number of nitrogens with one attached hydrogen (secondary N) is 2. The fourth-order valence-corrected chi connectivity index (χ4v) is 2.34. The van der Waals surface area contributed by atoms with E-state index in [4.69, 9.17) is 14.2 Å². The molecule has 1 rings (SSSR count). The van der Waals surface area contributed by atoms with Gasteiger partial charge < -0.3 is 29.7 Å².